The van der Waals surface area contributed by atoms with Crippen LogP contribution in [-0.4, -0.2) is 42.7 Å². The molecule has 92 valence electrons. The first-order valence-corrected chi connectivity index (χ1v) is 5.96. The van der Waals surface area contributed by atoms with Crippen molar-refractivity contribution in [3.8, 4) is 0 Å². The van der Waals surface area contributed by atoms with Crippen LogP contribution in [0.3, 0.4) is 0 Å². The molecule has 2 rings (SSSR count). The van der Waals surface area contributed by atoms with Crippen LogP contribution in [0.5, 0.6) is 0 Å². The summed E-state index contributed by atoms with van der Waals surface area (Å²) in [5, 5.41) is 13.3. The second kappa shape index (κ2) is 5.21. The Balaban J connectivity index is 1.73. The van der Waals surface area contributed by atoms with E-state index in [1.165, 1.54) is 0 Å². The second-order valence-electron chi connectivity index (χ2n) is 4.86. The van der Waals surface area contributed by atoms with Gasteiger partial charge in [0, 0.05) is 6.61 Å². The quantitative estimate of drug-likeness (QED) is 0.736. The molecule has 5 nitrogen and oxygen atoms in total. The lowest BCUT2D eigenvalue weighted by molar-refractivity contribution is -0.0923. The van der Waals surface area contributed by atoms with Crippen LogP contribution in [-0.2, 0) is 9.47 Å². The Labute approximate surface area is 95.1 Å². The van der Waals surface area contributed by atoms with Crippen LogP contribution in [0, 0.1) is 4.91 Å². The van der Waals surface area contributed by atoms with Gasteiger partial charge in [0.1, 0.15) is 0 Å². The lowest BCUT2D eigenvalue weighted by atomic mass is 9.83. The largest absolute Gasteiger partial charge is 0.387 e. The van der Waals surface area contributed by atoms with Crippen LogP contribution in [0.4, 0.5) is 0 Å². The predicted molar refractivity (Wildman–Crippen MR) is 58.2 cm³/mol. The van der Waals surface area contributed by atoms with Gasteiger partial charge in [-0.25, -0.2) is 0 Å². The molecule has 0 aromatic heterocycles. The van der Waals surface area contributed by atoms with Crippen LogP contribution in [0.2, 0.25) is 0 Å². The number of nitrogens with zero attached hydrogens (tertiary/aromatic N) is 1. The Morgan fingerprint density at radius 1 is 1.38 bits per heavy atom. The van der Waals surface area contributed by atoms with Crippen LogP contribution in [0.25, 0.3) is 0 Å². The Bertz CT molecular complexity index is 232. The Kier molecular flexibility index (Phi) is 3.89. The van der Waals surface area contributed by atoms with Gasteiger partial charge in [-0.05, 0) is 32.1 Å². The molecule has 1 saturated carbocycles. The number of rotatable bonds is 4. The summed E-state index contributed by atoms with van der Waals surface area (Å²) in [7, 11) is 0. The molecule has 0 spiro atoms. The number of ether oxygens (including phenoxy) is 2. The van der Waals surface area contributed by atoms with Gasteiger partial charge in [-0.2, -0.15) is 4.91 Å². The molecule has 0 unspecified atom stereocenters. The van der Waals surface area contributed by atoms with Crippen LogP contribution >= 0.6 is 0 Å². The van der Waals surface area contributed by atoms with Gasteiger partial charge in [0.05, 0.1) is 31.0 Å². The summed E-state index contributed by atoms with van der Waals surface area (Å²) in [4.78, 5) is 10.4. The van der Waals surface area contributed by atoms with E-state index in [0.29, 0.717) is 38.9 Å². The van der Waals surface area contributed by atoms with E-state index < -0.39 is 5.60 Å². The molecule has 0 bridgehead atoms. The zero-order chi connectivity index (χ0) is 11.4. The molecule has 0 aromatic rings. The molecule has 0 radical (unpaired) electrons. The maximum absolute atomic E-state index is 10.4. The molecule has 0 amide bonds. The predicted octanol–water partition coefficient (Wildman–Crippen LogP) is 1.23. The highest BCUT2D eigenvalue weighted by molar-refractivity contribution is 4.88. The molecule has 1 heterocycles. The van der Waals surface area contributed by atoms with Crippen LogP contribution < -0.4 is 0 Å². The zero-order valence-corrected chi connectivity index (χ0v) is 9.43. The molecule has 1 N–H and O–H groups in total. The number of nitroso groups, excluding NO2 is 1. The monoisotopic (exact) mass is 229 g/mol. The third-order valence-corrected chi connectivity index (χ3v) is 3.51. The first-order chi connectivity index (χ1) is 7.72. The highest BCUT2D eigenvalue weighted by Gasteiger charge is 2.35. The van der Waals surface area contributed by atoms with Crippen molar-refractivity contribution in [2.75, 3.05) is 19.8 Å². The van der Waals surface area contributed by atoms with E-state index in [0.717, 1.165) is 13.0 Å². The maximum Gasteiger partial charge on any atom is 0.0921 e. The zero-order valence-electron chi connectivity index (χ0n) is 9.43. The van der Waals surface area contributed by atoms with Gasteiger partial charge in [-0.15, -0.1) is 0 Å². The highest BCUT2D eigenvalue weighted by atomic mass is 16.5. The Morgan fingerprint density at radius 3 is 2.69 bits per heavy atom. The highest BCUT2D eigenvalue weighted by Crippen LogP contribution is 2.30. The molecule has 16 heavy (non-hydrogen) atoms. The van der Waals surface area contributed by atoms with Crippen molar-refractivity contribution in [1.82, 2.24) is 0 Å². The minimum Gasteiger partial charge on any atom is -0.387 e. The third kappa shape index (κ3) is 2.99. The smallest absolute Gasteiger partial charge is 0.0921 e. The van der Waals surface area contributed by atoms with E-state index in [1.54, 1.807) is 0 Å². The molecule has 1 saturated heterocycles. The van der Waals surface area contributed by atoms with E-state index in [-0.39, 0.29) is 12.1 Å². The first-order valence-electron chi connectivity index (χ1n) is 5.96. The Hall–Kier alpha value is -0.520. The molecule has 5 heteroatoms. The van der Waals surface area contributed by atoms with Crippen LogP contribution in [0.1, 0.15) is 32.1 Å². The van der Waals surface area contributed by atoms with Crippen molar-refractivity contribution in [2.24, 2.45) is 5.18 Å². The van der Waals surface area contributed by atoms with E-state index in [1.807, 2.05) is 0 Å². The topological polar surface area (TPSA) is 68.1 Å². The molecule has 1 aliphatic heterocycles. The molecule has 1 aliphatic carbocycles. The maximum atomic E-state index is 10.4. The lowest BCUT2D eigenvalue weighted by Crippen LogP contribution is -2.40. The second-order valence-corrected chi connectivity index (χ2v) is 4.86. The summed E-state index contributed by atoms with van der Waals surface area (Å²) >= 11 is 0. The van der Waals surface area contributed by atoms with Crippen molar-refractivity contribution in [2.45, 2.75) is 49.9 Å². The fourth-order valence-electron chi connectivity index (χ4n) is 2.31. The molecule has 2 aliphatic rings. The average molecular weight is 229 g/mol. The minimum atomic E-state index is -0.760. The molecule has 2 fully saturated rings. The Morgan fingerprint density at radius 2 is 2.12 bits per heavy atom. The van der Waals surface area contributed by atoms with E-state index >= 15 is 0 Å². The summed E-state index contributed by atoms with van der Waals surface area (Å²) < 4.78 is 10.8. The first kappa shape index (κ1) is 12.0. The summed E-state index contributed by atoms with van der Waals surface area (Å²) in [6.45, 7) is 1.74. The average Bonchev–Trinajstić information content (AvgIpc) is 2.81. The standard InChI is InChI=1S/C11H19NO4/c13-11(4-1-9(12-14)2-5-11)8-16-10-3-6-15-7-10/h9-10,13H,1-8H2/t9?,10-,11?/m0/s1. The van der Waals surface area contributed by atoms with Gasteiger partial charge in [0.2, 0.25) is 0 Å². The summed E-state index contributed by atoms with van der Waals surface area (Å²) in [5.74, 6) is 0. The molecule has 0 aromatic carbocycles. The van der Waals surface area contributed by atoms with Crippen molar-refractivity contribution in [1.29, 1.82) is 0 Å². The van der Waals surface area contributed by atoms with E-state index in [9.17, 15) is 10.0 Å². The normalized spacial score (nSPS) is 39.8. The molecule has 1 atom stereocenters. The number of hydrogen-bond donors (Lipinski definition) is 1. The fourth-order valence-corrected chi connectivity index (χ4v) is 2.31. The van der Waals surface area contributed by atoms with Gasteiger partial charge in [0.25, 0.3) is 0 Å². The fraction of sp³-hybridized carbons (Fsp3) is 1.00. The third-order valence-electron chi connectivity index (χ3n) is 3.51. The van der Waals surface area contributed by atoms with Crippen LogP contribution in [0.15, 0.2) is 5.18 Å². The SMILES string of the molecule is O=NC1CCC(O)(CO[C@H]2CCOC2)CC1. The summed E-state index contributed by atoms with van der Waals surface area (Å²) in [6, 6.07) is -0.116. The summed E-state index contributed by atoms with van der Waals surface area (Å²) in [6.07, 6.45) is 3.60. The van der Waals surface area contributed by atoms with E-state index in [4.69, 9.17) is 9.47 Å². The van der Waals surface area contributed by atoms with Crippen molar-refractivity contribution in [3.63, 3.8) is 0 Å². The number of hydrogen-bond acceptors (Lipinski definition) is 5. The van der Waals surface area contributed by atoms with Gasteiger partial charge in [-0.3, -0.25) is 0 Å². The minimum absolute atomic E-state index is 0.116. The lowest BCUT2D eigenvalue weighted by Gasteiger charge is -2.34. The molecular weight excluding hydrogens is 210 g/mol. The van der Waals surface area contributed by atoms with Crippen molar-refractivity contribution in [3.05, 3.63) is 4.91 Å². The van der Waals surface area contributed by atoms with E-state index in [2.05, 4.69) is 5.18 Å². The van der Waals surface area contributed by atoms with Crippen molar-refractivity contribution < 1.29 is 14.6 Å². The van der Waals surface area contributed by atoms with Gasteiger partial charge < -0.3 is 14.6 Å². The van der Waals surface area contributed by atoms with Gasteiger partial charge in [0.15, 0.2) is 0 Å². The van der Waals surface area contributed by atoms with Gasteiger partial charge >= 0.3 is 0 Å². The molecular formula is C11H19NO4. The summed E-state index contributed by atoms with van der Waals surface area (Å²) in [5.41, 5.74) is -0.760. The van der Waals surface area contributed by atoms with Gasteiger partial charge in [-0.1, -0.05) is 5.18 Å². The number of aliphatic hydroxyl groups is 1. The van der Waals surface area contributed by atoms with Crippen molar-refractivity contribution >= 4 is 0 Å².